The maximum absolute atomic E-state index is 5.44. The average Bonchev–Trinajstić information content (AvgIpc) is 3.39. The lowest BCUT2D eigenvalue weighted by atomic mass is 10.2. The Labute approximate surface area is 178 Å². The Morgan fingerprint density at radius 2 is 1.87 bits per heavy atom. The van der Waals surface area contributed by atoms with E-state index in [9.17, 15) is 0 Å². The molecule has 4 rings (SSSR count). The molecule has 0 fully saturated rings. The smallest absolute Gasteiger partial charge is 0.237 e. The van der Waals surface area contributed by atoms with E-state index >= 15 is 0 Å². The molecule has 0 aliphatic carbocycles. The quantitative estimate of drug-likeness (QED) is 0.393. The van der Waals surface area contributed by atoms with Crippen LogP contribution in [0.3, 0.4) is 0 Å². The number of aromatic nitrogens is 5. The third-order valence-corrected chi connectivity index (χ3v) is 5.48. The van der Waals surface area contributed by atoms with Crippen molar-refractivity contribution >= 4 is 11.8 Å². The zero-order chi connectivity index (χ0) is 20.9. The van der Waals surface area contributed by atoms with Crippen LogP contribution in [0.15, 0.2) is 58.2 Å². The molecule has 2 heterocycles. The van der Waals surface area contributed by atoms with Gasteiger partial charge in [-0.05, 0) is 24.6 Å². The number of methoxy groups -OCH3 is 2. The van der Waals surface area contributed by atoms with Crippen LogP contribution in [0.4, 0.5) is 0 Å². The van der Waals surface area contributed by atoms with Crippen molar-refractivity contribution in [3.8, 4) is 22.9 Å². The van der Waals surface area contributed by atoms with E-state index in [2.05, 4.69) is 37.0 Å². The van der Waals surface area contributed by atoms with E-state index < -0.39 is 0 Å². The van der Waals surface area contributed by atoms with Gasteiger partial charge in [0, 0.05) is 6.07 Å². The summed E-state index contributed by atoms with van der Waals surface area (Å²) < 4.78 is 18.2. The number of rotatable bonds is 8. The summed E-state index contributed by atoms with van der Waals surface area (Å²) >= 11 is 1.51. The predicted molar refractivity (Wildman–Crippen MR) is 113 cm³/mol. The molecular formula is C21H21N5O3S. The van der Waals surface area contributed by atoms with Gasteiger partial charge in [0.15, 0.2) is 5.16 Å². The van der Waals surface area contributed by atoms with Gasteiger partial charge in [0.05, 0.1) is 32.1 Å². The fourth-order valence-corrected chi connectivity index (χ4v) is 3.77. The van der Waals surface area contributed by atoms with Crippen molar-refractivity contribution in [2.75, 3.05) is 14.2 Å². The number of aryl methyl sites for hydroxylation is 1. The molecule has 2 aromatic carbocycles. The van der Waals surface area contributed by atoms with Gasteiger partial charge in [0.2, 0.25) is 11.7 Å². The first kappa shape index (κ1) is 20.0. The number of benzene rings is 2. The lowest BCUT2D eigenvalue weighted by molar-refractivity contribution is 0.388. The lowest BCUT2D eigenvalue weighted by Gasteiger charge is -2.07. The number of thioether (sulfide) groups is 1. The second-order valence-corrected chi connectivity index (χ2v) is 7.41. The zero-order valence-corrected chi connectivity index (χ0v) is 17.7. The Balaban J connectivity index is 1.48. The van der Waals surface area contributed by atoms with Crippen molar-refractivity contribution < 1.29 is 14.0 Å². The second-order valence-electron chi connectivity index (χ2n) is 6.47. The van der Waals surface area contributed by atoms with Gasteiger partial charge >= 0.3 is 0 Å². The van der Waals surface area contributed by atoms with Crippen molar-refractivity contribution in [1.29, 1.82) is 0 Å². The molecule has 0 aliphatic heterocycles. The summed E-state index contributed by atoms with van der Waals surface area (Å²) in [5, 5.41) is 13.4. The fraction of sp³-hybridized carbons (Fsp3) is 0.238. The van der Waals surface area contributed by atoms with Crippen molar-refractivity contribution in [3.05, 3.63) is 65.8 Å². The van der Waals surface area contributed by atoms with Crippen LogP contribution in [0.2, 0.25) is 0 Å². The van der Waals surface area contributed by atoms with Crippen molar-refractivity contribution in [2.24, 2.45) is 0 Å². The van der Waals surface area contributed by atoms with E-state index in [1.807, 2.05) is 37.3 Å². The van der Waals surface area contributed by atoms with Crippen LogP contribution in [-0.2, 0) is 12.3 Å². The summed E-state index contributed by atoms with van der Waals surface area (Å²) in [6.07, 6.45) is 0. The summed E-state index contributed by atoms with van der Waals surface area (Å²) in [7, 11) is 3.20. The molecule has 154 valence electrons. The Hall–Kier alpha value is -3.33. The molecule has 4 aromatic rings. The normalized spacial score (nSPS) is 10.9. The molecule has 30 heavy (non-hydrogen) atoms. The van der Waals surface area contributed by atoms with Crippen LogP contribution >= 0.6 is 11.8 Å². The molecule has 0 spiro atoms. The van der Waals surface area contributed by atoms with Crippen molar-refractivity contribution in [3.63, 3.8) is 0 Å². The van der Waals surface area contributed by atoms with Gasteiger partial charge in [-0.3, -0.25) is 0 Å². The SMILES string of the molecule is COc1ccc(-c2noc(CSc3nnc(C)n3Cc3ccccc3)n2)c(OC)c1. The van der Waals surface area contributed by atoms with Crippen LogP contribution in [0.1, 0.15) is 17.3 Å². The van der Waals surface area contributed by atoms with Crippen LogP contribution in [0.25, 0.3) is 11.4 Å². The first-order valence-corrected chi connectivity index (χ1v) is 10.3. The summed E-state index contributed by atoms with van der Waals surface area (Å²) in [4.78, 5) is 4.50. The Morgan fingerprint density at radius 3 is 2.63 bits per heavy atom. The molecular weight excluding hydrogens is 402 g/mol. The van der Waals surface area contributed by atoms with Gasteiger partial charge in [-0.25, -0.2) is 0 Å². The second kappa shape index (κ2) is 9.00. The third kappa shape index (κ3) is 4.30. The molecule has 0 radical (unpaired) electrons. The van der Waals surface area contributed by atoms with E-state index in [-0.39, 0.29) is 0 Å². The van der Waals surface area contributed by atoms with Crippen LogP contribution < -0.4 is 9.47 Å². The molecule has 0 amide bonds. The van der Waals surface area contributed by atoms with Crippen LogP contribution in [0.5, 0.6) is 11.5 Å². The molecule has 0 bridgehead atoms. The van der Waals surface area contributed by atoms with Gasteiger partial charge in [-0.15, -0.1) is 10.2 Å². The summed E-state index contributed by atoms with van der Waals surface area (Å²) in [6.45, 7) is 2.65. The largest absolute Gasteiger partial charge is 0.497 e. The Kier molecular flexibility index (Phi) is 5.99. The Bertz CT molecular complexity index is 1130. The minimum absolute atomic E-state index is 0.465. The zero-order valence-electron chi connectivity index (χ0n) is 16.9. The highest BCUT2D eigenvalue weighted by Gasteiger charge is 2.16. The molecule has 0 saturated carbocycles. The van der Waals surface area contributed by atoms with E-state index in [1.54, 1.807) is 20.3 Å². The third-order valence-electron chi connectivity index (χ3n) is 4.53. The molecule has 0 unspecified atom stereocenters. The van der Waals surface area contributed by atoms with Crippen LogP contribution in [-0.4, -0.2) is 39.1 Å². The summed E-state index contributed by atoms with van der Waals surface area (Å²) in [6, 6.07) is 15.7. The fourth-order valence-electron chi connectivity index (χ4n) is 2.95. The molecule has 2 aromatic heterocycles. The van der Waals surface area contributed by atoms with Gasteiger partial charge in [0.25, 0.3) is 0 Å². The van der Waals surface area contributed by atoms with Crippen LogP contribution in [0, 0.1) is 6.92 Å². The van der Waals surface area contributed by atoms with Gasteiger partial charge in [-0.2, -0.15) is 4.98 Å². The first-order chi connectivity index (χ1) is 14.7. The first-order valence-electron chi connectivity index (χ1n) is 9.29. The molecule has 0 atom stereocenters. The van der Waals surface area contributed by atoms with Gasteiger partial charge < -0.3 is 18.6 Å². The number of nitrogens with zero attached hydrogens (tertiary/aromatic N) is 5. The maximum atomic E-state index is 5.44. The molecule has 9 heteroatoms. The van der Waals surface area contributed by atoms with Gasteiger partial charge in [0.1, 0.15) is 17.3 Å². The minimum Gasteiger partial charge on any atom is -0.497 e. The topological polar surface area (TPSA) is 88.1 Å². The number of hydrogen-bond donors (Lipinski definition) is 0. The lowest BCUT2D eigenvalue weighted by Crippen LogP contribution is -2.03. The predicted octanol–water partition coefficient (Wildman–Crippen LogP) is 3.99. The van der Waals surface area contributed by atoms with Gasteiger partial charge in [-0.1, -0.05) is 47.3 Å². The summed E-state index contributed by atoms with van der Waals surface area (Å²) in [5.41, 5.74) is 1.93. The number of ether oxygens (including phenoxy) is 2. The monoisotopic (exact) mass is 423 g/mol. The highest BCUT2D eigenvalue weighted by atomic mass is 32.2. The molecule has 0 N–H and O–H groups in total. The summed E-state index contributed by atoms with van der Waals surface area (Å²) in [5.74, 6) is 3.62. The van der Waals surface area contributed by atoms with Crippen molar-refractivity contribution in [1.82, 2.24) is 24.9 Å². The van der Waals surface area contributed by atoms with E-state index in [1.165, 1.54) is 17.3 Å². The highest BCUT2D eigenvalue weighted by molar-refractivity contribution is 7.98. The molecule has 0 aliphatic rings. The standard InChI is InChI=1S/C21H21N5O3S/c1-14-23-24-21(26(14)12-15-7-5-4-6-8-15)30-13-19-22-20(25-29-19)17-10-9-16(27-2)11-18(17)28-3/h4-11H,12-13H2,1-3H3. The van der Waals surface area contributed by atoms with E-state index in [0.29, 0.717) is 35.5 Å². The van der Waals surface area contributed by atoms with Crippen molar-refractivity contribution in [2.45, 2.75) is 24.4 Å². The minimum atomic E-state index is 0.465. The maximum Gasteiger partial charge on any atom is 0.237 e. The molecule has 0 saturated heterocycles. The average molecular weight is 423 g/mol. The van der Waals surface area contributed by atoms with E-state index in [0.717, 1.165) is 16.5 Å². The molecule has 8 nitrogen and oxygen atoms in total. The Morgan fingerprint density at radius 1 is 1.03 bits per heavy atom. The number of hydrogen-bond acceptors (Lipinski definition) is 8. The van der Waals surface area contributed by atoms with E-state index in [4.69, 9.17) is 14.0 Å². The highest BCUT2D eigenvalue weighted by Crippen LogP contribution is 2.32.